The lowest BCUT2D eigenvalue weighted by Gasteiger charge is -2.07. The minimum atomic E-state index is -3.40. The van der Waals surface area contributed by atoms with E-state index in [1.165, 1.54) is 25.4 Å². The normalized spacial score (nSPS) is 11.2. The molecule has 0 radical (unpaired) electrons. The maximum absolute atomic E-state index is 11.6. The molecule has 7 heteroatoms. The molecule has 0 unspecified atom stereocenters. The van der Waals surface area contributed by atoms with Crippen LogP contribution in [0, 0.1) is 0 Å². The van der Waals surface area contributed by atoms with Crippen LogP contribution in [0.4, 0.5) is 5.69 Å². The highest BCUT2D eigenvalue weighted by Gasteiger charge is 2.10. The summed E-state index contributed by atoms with van der Waals surface area (Å²) in [5, 5.41) is 12.2. The van der Waals surface area contributed by atoms with Crippen molar-refractivity contribution < 1.29 is 13.5 Å². The van der Waals surface area contributed by atoms with Gasteiger partial charge in [-0.2, -0.15) is 0 Å². The lowest BCUT2D eigenvalue weighted by atomic mass is 10.3. The lowest BCUT2D eigenvalue weighted by Crippen LogP contribution is -2.18. The fraction of sp³-hybridized carbons (Fsp3) is 0.154. The molecule has 0 atom stereocenters. The minimum absolute atomic E-state index is 0.121. The van der Waals surface area contributed by atoms with Gasteiger partial charge in [-0.3, -0.25) is 4.98 Å². The van der Waals surface area contributed by atoms with Crippen LogP contribution < -0.4 is 10.0 Å². The topological polar surface area (TPSA) is 91.3 Å². The van der Waals surface area contributed by atoms with Gasteiger partial charge >= 0.3 is 0 Å². The molecule has 1 heterocycles. The van der Waals surface area contributed by atoms with E-state index in [0.717, 1.165) is 11.4 Å². The van der Waals surface area contributed by atoms with Gasteiger partial charge in [0.1, 0.15) is 5.75 Å². The van der Waals surface area contributed by atoms with Crippen molar-refractivity contribution in [1.82, 2.24) is 9.71 Å². The molecule has 1 aromatic carbocycles. The summed E-state index contributed by atoms with van der Waals surface area (Å²) >= 11 is 0. The number of hydrogen-bond donors (Lipinski definition) is 3. The number of benzene rings is 1. The van der Waals surface area contributed by atoms with Gasteiger partial charge in [-0.1, -0.05) is 0 Å². The molecule has 2 aromatic rings. The average Bonchev–Trinajstić information content (AvgIpc) is 2.47. The second-order valence-electron chi connectivity index (χ2n) is 4.09. The van der Waals surface area contributed by atoms with Crippen LogP contribution in [0.5, 0.6) is 5.75 Å². The Morgan fingerprint density at radius 1 is 1.15 bits per heavy atom. The summed E-state index contributed by atoms with van der Waals surface area (Å²) in [5.41, 5.74) is 1.56. The number of aromatic nitrogens is 1. The summed E-state index contributed by atoms with van der Waals surface area (Å²) in [7, 11) is -2.03. The van der Waals surface area contributed by atoms with Gasteiger partial charge in [0.15, 0.2) is 0 Å². The number of nitrogens with zero attached hydrogens (tertiary/aromatic N) is 1. The summed E-state index contributed by atoms with van der Waals surface area (Å²) < 4.78 is 25.4. The zero-order chi connectivity index (χ0) is 14.6. The van der Waals surface area contributed by atoms with Crippen molar-refractivity contribution in [3.8, 4) is 5.75 Å². The van der Waals surface area contributed by atoms with Crippen molar-refractivity contribution in [1.29, 1.82) is 0 Å². The third-order valence-electron chi connectivity index (χ3n) is 2.72. The van der Waals surface area contributed by atoms with Gasteiger partial charge in [0.2, 0.25) is 10.0 Å². The predicted octanol–water partition coefficient (Wildman–Crippen LogP) is 1.31. The first-order valence-electron chi connectivity index (χ1n) is 5.92. The standard InChI is InChI=1S/C13H15N3O3S/c1-14-20(18,19)13-6-3-10(4-7-13)15-8-11-2-5-12(17)9-16-11/h2-7,9,14-15,17H,8H2,1H3. The van der Waals surface area contributed by atoms with Crippen LogP contribution in [0.15, 0.2) is 47.5 Å². The number of hydrogen-bond acceptors (Lipinski definition) is 5. The number of sulfonamides is 1. The number of anilines is 1. The fourth-order valence-electron chi connectivity index (χ4n) is 1.58. The number of rotatable bonds is 5. The molecule has 0 amide bonds. The van der Waals surface area contributed by atoms with Crippen molar-refractivity contribution in [2.24, 2.45) is 0 Å². The third-order valence-corrected chi connectivity index (χ3v) is 4.15. The maximum Gasteiger partial charge on any atom is 0.240 e. The zero-order valence-corrected chi connectivity index (χ0v) is 11.7. The second-order valence-corrected chi connectivity index (χ2v) is 5.98. The molecular formula is C13H15N3O3S. The Hall–Kier alpha value is -2.12. The molecule has 6 nitrogen and oxygen atoms in total. The van der Waals surface area contributed by atoms with Gasteiger partial charge in [-0.25, -0.2) is 13.1 Å². The van der Waals surface area contributed by atoms with Crippen LogP contribution in [0.25, 0.3) is 0 Å². The van der Waals surface area contributed by atoms with Crippen LogP contribution in [-0.4, -0.2) is 25.6 Å². The molecule has 0 aliphatic rings. The maximum atomic E-state index is 11.6. The summed E-state index contributed by atoms with van der Waals surface area (Å²) in [6.45, 7) is 0.485. The monoisotopic (exact) mass is 293 g/mol. The molecule has 0 saturated carbocycles. The largest absolute Gasteiger partial charge is 0.506 e. The number of aromatic hydroxyl groups is 1. The Bertz CT molecular complexity index is 667. The van der Waals surface area contributed by atoms with Crippen LogP contribution in [0.1, 0.15) is 5.69 Å². The Kier molecular flexibility index (Phi) is 4.21. The highest BCUT2D eigenvalue weighted by atomic mass is 32.2. The van der Waals surface area contributed by atoms with Crippen LogP contribution in [0.2, 0.25) is 0 Å². The van der Waals surface area contributed by atoms with Crippen molar-refractivity contribution in [3.05, 3.63) is 48.3 Å². The quantitative estimate of drug-likeness (QED) is 0.773. The van der Waals surface area contributed by atoms with E-state index in [2.05, 4.69) is 15.0 Å². The number of pyridine rings is 1. The summed E-state index contributed by atoms with van der Waals surface area (Å²) in [6, 6.07) is 9.70. The summed E-state index contributed by atoms with van der Waals surface area (Å²) in [5.74, 6) is 0.121. The van der Waals surface area contributed by atoms with E-state index in [1.54, 1.807) is 24.3 Å². The van der Waals surface area contributed by atoms with E-state index in [1.807, 2.05) is 0 Å². The van der Waals surface area contributed by atoms with E-state index in [4.69, 9.17) is 5.11 Å². The SMILES string of the molecule is CNS(=O)(=O)c1ccc(NCc2ccc(O)cn2)cc1. The van der Waals surface area contributed by atoms with Crippen LogP contribution in [-0.2, 0) is 16.6 Å². The van der Waals surface area contributed by atoms with Gasteiger partial charge in [0.05, 0.1) is 23.3 Å². The van der Waals surface area contributed by atoms with E-state index in [-0.39, 0.29) is 10.6 Å². The zero-order valence-electron chi connectivity index (χ0n) is 10.9. The molecule has 2 rings (SSSR count). The first-order valence-corrected chi connectivity index (χ1v) is 7.41. The third kappa shape index (κ3) is 3.46. The fourth-order valence-corrected chi connectivity index (χ4v) is 2.31. The van der Waals surface area contributed by atoms with Gasteiger partial charge in [-0.05, 0) is 43.4 Å². The molecule has 0 aliphatic carbocycles. The first kappa shape index (κ1) is 14.3. The van der Waals surface area contributed by atoms with E-state index in [9.17, 15) is 8.42 Å². The highest BCUT2D eigenvalue weighted by molar-refractivity contribution is 7.89. The molecule has 1 aromatic heterocycles. The summed E-state index contributed by atoms with van der Waals surface area (Å²) in [4.78, 5) is 4.26. The molecule has 0 fully saturated rings. The second kappa shape index (κ2) is 5.89. The summed E-state index contributed by atoms with van der Waals surface area (Å²) in [6.07, 6.45) is 1.37. The Morgan fingerprint density at radius 3 is 2.40 bits per heavy atom. The Labute approximate surface area is 117 Å². The van der Waals surface area contributed by atoms with Gasteiger partial charge < -0.3 is 10.4 Å². The Balaban J connectivity index is 2.03. The van der Waals surface area contributed by atoms with Crippen molar-refractivity contribution >= 4 is 15.7 Å². The lowest BCUT2D eigenvalue weighted by molar-refractivity contribution is 0.472. The van der Waals surface area contributed by atoms with Crippen LogP contribution >= 0.6 is 0 Å². The first-order chi connectivity index (χ1) is 9.51. The molecule has 0 spiro atoms. The predicted molar refractivity (Wildman–Crippen MR) is 75.9 cm³/mol. The van der Waals surface area contributed by atoms with E-state index < -0.39 is 10.0 Å². The van der Waals surface area contributed by atoms with Crippen LogP contribution in [0.3, 0.4) is 0 Å². The van der Waals surface area contributed by atoms with Gasteiger partial charge in [-0.15, -0.1) is 0 Å². The molecule has 3 N–H and O–H groups in total. The van der Waals surface area contributed by atoms with Crippen molar-refractivity contribution in [2.45, 2.75) is 11.4 Å². The molecule has 106 valence electrons. The minimum Gasteiger partial charge on any atom is -0.506 e. The molecule has 0 bridgehead atoms. The van der Waals surface area contributed by atoms with Gasteiger partial charge in [0, 0.05) is 5.69 Å². The average molecular weight is 293 g/mol. The molecular weight excluding hydrogens is 278 g/mol. The van der Waals surface area contributed by atoms with Crippen molar-refractivity contribution in [2.75, 3.05) is 12.4 Å². The smallest absolute Gasteiger partial charge is 0.240 e. The van der Waals surface area contributed by atoms with Crippen molar-refractivity contribution in [3.63, 3.8) is 0 Å². The molecule has 0 aliphatic heterocycles. The van der Waals surface area contributed by atoms with E-state index in [0.29, 0.717) is 6.54 Å². The number of nitrogens with one attached hydrogen (secondary N) is 2. The van der Waals surface area contributed by atoms with Gasteiger partial charge in [0.25, 0.3) is 0 Å². The molecule has 0 saturated heterocycles. The Morgan fingerprint density at radius 2 is 1.85 bits per heavy atom. The van der Waals surface area contributed by atoms with E-state index >= 15 is 0 Å². The molecule has 20 heavy (non-hydrogen) atoms. The highest BCUT2D eigenvalue weighted by Crippen LogP contribution is 2.14.